The van der Waals surface area contributed by atoms with Crippen LogP contribution in [-0.4, -0.2) is 48.1 Å². The molecule has 2 fully saturated rings. The van der Waals surface area contributed by atoms with Crippen LogP contribution in [0.15, 0.2) is 0 Å². The maximum absolute atomic E-state index is 3.60. The Kier molecular flexibility index (Phi) is 6.25. The van der Waals surface area contributed by atoms with E-state index in [1.54, 1.807) is 0 Å². The van der Waals surface area contributed by atoms with Crippen molar-refractivity contribution in [2.24, 2.45) is 17.8 Å². The lowest BCUT2D eigenvalue weighted by molar-refractivity contribution is 0.106. The van der Waals surface area contributed by atoms with Crippen molar-refractivity contribution in [3.8, 4) is 0 Å². The van der Waals surface area contributed by atoms with Crippen molar-refractivity contribution in [1.29, 1.82) is 0 Å². The highest BCUT2D eigenvalue weighted by molar-refractivity contribution is 8.00. The molecule has 1 saturated heterocycles. The summed E-state index contributed by atoms with van der Waals surface area (Å²) in [6, 6.07) is 1.48. The van der Waals surface area contributed by atoms with Gasteiger partial charge in [0.2, 0.25) is 0 Å². The van der Waals surface area contributed by atoms with E-state index in [0.29, 0.717) is 0 Å². The first-order valence-corrected chi connectivity index (χ1v) is 9.60. The number of rotatable bonds is 4. The Balaban J connectivity index is 1.96. The van der Waals surface area contributed by atoms with Crippen molar-refractivity contribution < 1.29 is 0 Å². The molecule has 0 aromatic rings. The van der Waals surface area contributed by atoms with Gasteiger partial charge in [-0.2, -0.15) is 11.8 Å². The summed E-state index contributed by atoms with van der Waals surface area (Å²) in [4.78, 5) is 2.76. The fourth-order valence-electron chi connectivity index (χ4n) is 4.04. The van der Waals surface area contributed by atoms with Crippen LogP contribution in [-0.2, 0) is 0 Å². The Bertz CT molecular complexity index is 295. The van der Waals surface area contributed by atoms with Crippen molar-refractivity contribution >= 4 is 11.8 Å². The van der Waals surface area contributed by atoms with Gasteiger partial charge in [-0.3, -0.25) is 4.90 Å². The second kappa shape index (κ2) is 7.51. The fraction of sp³-hybridized carbons (Fsp3) is 1.00. The lowest BCUT2D eigenvalue weighted by Crippen LogP contribution is -2.51. The molecule has 1 saturated carbocycles. The van der Waals surface area contributed by atoms with Gasteiger partial charge in [0.25, 0.3) is 0 Å². The first-order valence-electron chi connectivity index (χ1n) is 8.55. The number of hydrogen-bond donors (Lipinski definition) is 1. The first kappa shape index (κ1) is 16.6. The predicted molar refractivity (Wildman–Crippen MR) is 91.5 cm³/mol. The monoisotopic (exact) mass is 298 g/mol. The van der Waals surface area contributed by atoms with Gasteiger partial charge in [0.05, 0.1) is 0 Å². The summed E-state index contributed by atoms with van der Waals surface area (Å²) in [6.45, 7) is 12.2. The van der Waals surface area contributed by atoms with Crippen molar-refractivity contribution in [1.82, 2.24) is 10.2 Å². The second-order valence-electron chi connectivity index (χ2n) is 7.28. The van der Waals surface area contributed by atoms with Gasteiger partial charge in [0.1, 0.15) is 0 Å². The summed E-state index contributed by atoms with van der Waals surface area (Å²) < 4.78 is 0. The highest BCUT2D eigenvalue weighted by Gasteiger charge is 2.34. The van der Waals surface area contributed by atoms with Crippen LogP contribution in [0.3, 0.4) is 0 Å². The van der Waals surface area contributed by atoms with Gasteiger partial charge in [-0.1, -0.05) is 20.8 Å². The molecule has 2 aliphatic rings. The molecule has 0 aromatic carbocycles. The van der Waals surface area contributed by atoms with E-state index in [4.69, 9.17) is 0 Å². The molecular formula is C17H34N2S. The van der Waals surface area contributed by atoms with E-state index in [9.17, 15) is 0 Å². The zero-order chi connectivity index (χ0) is 14.7. The molecule has 0 bridgehead atoms. The lowest BCUT2D eigenvalue weighted by Gasteiger charge is -2.44. The van der Waals surface area contributed by atoms with Gasteiger partial charge in [0.15, 0.2) is 0 Å². The molecule has 0 spiro atoms. The predicted octanol–water partition coefficient (Wildman–Crippen LogP) is 3.47. The molecule has 5 atom stereocenters. The van der Waals surface area contributed by atoms with E-state index in [2.05, 4.69) is 56.7 Å². The molecule has 0 amide bonds. The van der Waals surface area contributed by atoms with E-state index in [1.807, 2.05) is 0 Å². The van der Waals surface area contributed by atoms with Crippen LogP contribution in [0.2, 0.25) is 0 Å². The summed E-state index contributed by atoms with van der Waals surface area (Å²) in [6.07, 6.45) is 4.21. The minimum Gasteiger partial charge on any atom is -0.317 e. The Morgan fingerprint density at radius 2 is 2.00 bits per heavy atom. The highest BCUT2D eigenvalue weighted by atomic mass is 32.2. The number of thioether (sulfide) groups is 1. The molecule has 1 aliphatic carbocycles. The van der Waals surface area contributed by atoms with Crippen LogP contribution in [0.1, 0.15) is 47.0 Å². The maximum atomic E-state index is 3.60. The Labute approximate surface area is 130 Å². The van der Waals surface area contributed by atoms with E-state index in [1.165, 1.54) is 38.1 Å². The molecule has 0 radical (unpaired) electrons. The van der Waals surface area contributed by atoms with Crippen molar-refractivity contribution in [2.45, 2.75) is 64.3 Å². The van der Waals surface area contributed by atoms with Gasteiger partial charge >= 0.3 is 0 Å². The molecule has 118 valence electrons. The molecule has 20 heavy (non-hydrogen) atoms. The molecular weight excluding hydrogens is 264 g/mol. The largest absolute Gasteiger partial charge is 0.317 e. The molecule has 0 aromatic heterocycles. The summed E-state index contributed by atoms with van der Waals surface area (Å²) >= 11 is 2.15. The van der Waals surface area contributed by atoms with Crippen LogP contribution < -0.4 is 5.32 Å². The van der Waals surface area contributed by atoms with E-state index >= 15 is 0 Å². The van der Waals surface area contributed by atoms with E-state index in [0.717, 1.165) is 35.1 Å². The fourth-order valence-corrected chi connectivity index (χ4v) is 5.20. The van der Waals surface area contributed by atoms with Crippen molar-refractivity contribution in [3.05, 3.63) is 0 Å². The van der Waals surface area contributed by atoms with Gasteiger partial charge in [-0.05, 0) is 51.0 Å². The molecule has 2 rings (SSSR count). The standard InChI is InChI=1S/C17H34N2S/c1-12(2)15-6-7-17(18-5)16(10-15)11-19-8-9-20-14(4)13(19)3/h12-18H,6-11H2,1-5H3. The molecule has 2 nitrogen and oxygen atoms in total. The van der Waals surface area contributed by atoms with E-state index in [-0.39, 0.29) is 0 Å². The average molecular weight is 299 g/mol. The minimum atomic E-state index is 0.738. The van der Waals surface area contributed by atoms with Crippen molar-refractivity contribution in [2.75, 3.05) is 25.9 Å². The third-order valence-electron chi connectivity index (χ3n) is 5.82. The van der Waals surface area contributed by atoms with Gasteiger partial charge < -0.3 is 5.32 Å². The summed E-state index contributed by atoms with van der Waals surface area (Å²) in [7, 11) is 2.16. The van der Waals surface area contributed by atoms with Gasteiger partial charge in [0, 0.05) is 36.2 Å². The molecule has 5 unspecified atom stereocenters. The Morgan fingerprint density at radius 3 is 2.65 bits per heavy atom. The van der Waals surface area contributed by atoms with E-state index < -0.39 is 0 Å². The Morgan fingerprint density at radius 1 is 1.25 bits per heavy atom. The highest BCUT2D eigenvalue weighted by Crippen LogP contribution is 2.35. The topological polar surface area (TPSA) is 15.3 Å². The first-order chi connectivity index (χ1) is 9.52. The number of nitrogens with zero attached hydrogens (tertiary/aromatic N) is 1. The summed E-state index contributed by atoms with van der Waals surface area (Å²) in [5.74, 6) is 3.95. The zero-order valence-corrected chi connectivity index (χ0v) is 14.9. The van der Waals surface area contributed by atoms with Crippen LogP contribution in [0.5, 0.6) is 0 Å². The van der Waals surface area contributed by atoms with Crippen LogP contribution >= 0.6 is 11.8 Å². The number of nitrogens with one attached hydrogen (secondary N) is 1. The normalized spacial score (nSPS) is 40.2. The lowest BCUT2D eigenvalue weighted by atomic mass is 9.73. The van der Waals surface area contributed by atoms with Crippen LogP contribution in [0.4, 0.5) is 0 Å². The van der Waals surface area contributed by atoms with Gasteiger partial charge in [-0.25, -0.2) is 0 Å². The minimum absolute atomic E-state index is 0.738. The zero-order valence-electron chi connectivity index (χ0n) is 14.1. The molecule has 1 heterocycles. The SMILES string of the molecule is CNC1CCC(C(C)C)CC1CN1CCSC(C)C1C. The Hall–Kier alpha value is 0.270. The average Bonchev–Trinajstić information content (AvgIpc) is 2.43. The van der Waals surface area contributed by atoms with Gasteiger partial charge in [-0.15, -0.1) is 0 Å². The molecule has 1 N–H and O–H groups in total. The van der Waals surface area contributed by atoms with Crippen molar-refractivity contribution in [3.63, 3.8) is 0 Å². The summed E-state index contributed by atoms with van der Waals surface area (Å²) in [5, 5.41) is 4.39. The third kappa shape index (κ3) is 3.92. The maximum Gasteiger partial charge on any atom is 0.0184 e. The summed E-state index contributed by atoms with van der Waals surface area (Å²) in [5.41, 5.74) is 0. The second-order valence-corrected chi connectivity index (χ2v) is 8.77. The van der Waals surface area contributed by atoms with Crippen LogP contribution in [0, 0.1) is 17.8 Å². The molecule has 1 aliphatic heterocycles. The molecule has 3 heteroatoms. The number of hydrogen-bond acceptors (Lipinski definition) is 3. The quantitative estimate of drug-likeness (QED) is 0.855. The smallest absolute Gasteiger partial charge is 0.0184 e. The van der Waals surface area contributed by atoms with Crippen LogP contribution in [0.25, 0.3) is 0 Å². The third-order valence-corrected chi connectivity index (χ3v) is 7.16.